The third kappa shape index (κ3) is 4.00. The van der Waals surface area contributed by atoms with Crippen molar-refractivity contribution in [3.63, 3.8) is 0 Å². The van der Waals surface area contributed by atoms with Crippen molar-refractivity contribution in [3.8, 4) is 6.07 Å². The zero-order valence-corrected chi connectivity index (χ0v) is 16.3. The highest BCUT2D eigenvalue weighted by atomic mass is 32.2. The molecule has 8 heteroatoms. The first-order chi connectivity index (χ1) is 12.5. The van der Waals surface area contributed by atoms with E-state index < -0.39 is 0 Å². The summed E-state index contributed by atoms with van der Waals surface area (Å²) in [7, 11) is 0. The van der Waals surface area contributed by atoms with Crippen molar-refractivity contribution >= 4 is 45.0 Å². The fourth-order valence-corrected chi connectivity index (χ4v) is 4.00. The molecule has 0 spiro atoms. The third-order valence-corrected chi connectivity index (χ3v) is 5.70. The Morgan fingerprint density at radius 1 is 1.31 bits per heavy atom. The molecule has 3 rings (SSSR count). The van der Waals surface area contributed by atoms with E-state index in [4.69, 9.17) is 0 Å². The minimum atomic E-state index is -0.194. The van der Waals surface area contributed by atoms with Crippen LogP contribution < -0.4 is 5.32 Å². The van der Waals surface area contributed by atoms with E-state index in [9.17, 15) is 10.1 Å². The van der Waals surface area contributed by atoms with Crippen LogP contribution >= 0.6 is 23.1 Å². The van der Waals surface area contributed by atoms with Crippen molar-refractivity contribution in [2.45, 2.75) is 32.2 Å². The number of nitrogens with one attached hydrogen (secondary N) is 1. The highest BCUT2D eigenvalue weighted by Gasteiger charge is 2.13. The van der Waals surface area contributed by atoms with Crippen LogP contribution in [-0.2, 0) is 11.2 Å². The lowest BCUT2D eigenvalue weighted by Gasteiger charge is -2.08. The SMILES string of the molecule is CCc1nnc(NC(=O)CSc2nc3cc(C)cc(C)c3cc2C#N)s1. The maximum atomic E-state index is 12.2. The van der Waals surface area contributed by atoms with Gasteiger partial charge in [0.1, 0.15) is 16.1 Å². The van der Waals surface area contributed by atoms with E-state index in [0.29, 0.717) is 15.7 Å². The standard InChI is InChI=1S/C18H17N5OS2/c1-4-16-22-23-18(26-16)21-15(24)9-25-17-12(8-19)7-13-11(3)5-10(2)6-14(13)20-17/h5-7H,4,9H2,1-3H3,(H,21,23,24). The van der Waals surface area contributed by atoms with Crippen LogP contribution in [0.1, 0.15) is 28.6 Å². The van der Waals surface area contributed by atoms with Crippen molar-refractivity contribution in [3.05, 3.63) is 39.9 Å². The van der Waals surface area contributed by atoms with Gasteiger partial charge in [0, 0.05) is 5.39 Å². The molecule has 0 aliphatic carbocycles. The molecule has 0 saturated heterocycles. The molecule has 1 N–H and O–H groups in total. The number of benzene rings is 1. The van der Waals surface area contributed by atoms with Crippen LogP contribution in [0.2, 0.25) is 0 Å². The van der Waals surface area contributed by atoms with E-state index >= 15 is 0 Å². The number of rotatable bonds is 5. The first kappa shape index (κ1) is 18.3. The Labute approximate surface area is 159 Å². The van der Waals surface area contributed by atoms with Crippen LogP contribution in [0.25, 0.3) is 10.9 Å². The summed E-state index contributed by atoms with van der Waals surface area (Å²) in [5.74, 6) is -0.0426. The fourth-order valence-electron chi connectivity index (χ4n) is 2.54. The van der Waals surface area contributed by atoms with Crippen molar-refractivity contribution in [2.24, 2.45) is 0 Å². The molecule has 1 amide bonds. The number of pyridine rings is 1. The van der Waals surface area contributed by atoms with Crippen molar-refractivity contribution in [1.29, 1.82) is 5.26 Å². The first-order valence-electron chi connectivity index (χ1n) is 8.07. The van der Waals surface area contributed by atoms with Crippen LogP contribution in [0.3, 0.4) is 0 Å². The molecule has 0 radical (unpaired) electrons. The molecule has 2 aromatic heterocycles. The van der Waals surface area contributed by atoms with E-state index in [-0.39, 0.29) is 11.7 Å². The van der Waals surface area contributed by atoms with Gasteiger partial charge < -0.3 is 0 Å². The summed E-state index contributed by atoms with van der Waals surface area (Å²) in [6, 6.07) is 8.08. The first-order valence-corrected chi connectivity index (χ1v) is 9.87. The van der Waals surface area contributed by atoms with Gasteiger partial charge in [0.05, 0.1) is 16.8 Å². The number of amides is 1. The number of carbonyl (C=O) groups is 1. The Morgan fingerprint density at radius 2 is 2.12 bits per heavy atom. The molecule has 0 unspecified atom stereocenters. The Balaban J connectivity index is 1.77. The van der Waals surface area contributed by atoms with Crippen molar-refractivity contribution in [1.82, 2.24) is 15.2 Å². The zero-order valence-electron chi connectivity index (χ0n) is 14.7. The molecule has 26 heavy (non-hydrogen) atoms. The van der Waals surface area contributed by atoms with Gasteiger partial charge in [-0.25, -0.2) is 4.98 Å². The zero-order chi connectivity index (χ0) is 18.7. The van der Waals surface area contributed by atoms with Crippen LogP contribution in [0.15, 0.2) is 23.2 Å². The largest absolute Gasteiger partial charge is 0.300 e. The number of carbonyl (C=O) groups excluding carboxylic acids is 1. The molecule has 132 valence electrons. The van der Waals surface area contributed by atoms with E-state index in [1.54, 1.807) is 0 Å². The molecule has 0 saturated carbocycles. The number of nitrogens with zero attached hydrogens (tertiary/aromatic N) is 4. The van der Waals surface area contributed by atoms with Gasteiger partial charge in [0.25, 0.3) is 0 Å². The number of hydrogen-bond donors (Lipinski definition) is 1. The van der Waals surface area contributed by atoms with E-state index in [2.05, 4.69) is 32.6 Å². The van der Waals surface area contributed by atoms with Gasteiger partial charge in [0.2, 0.25) is 11.0 Å². The number of aromatic nitrogens is 3. The predicted molar refractivity (Wildman–Crippen MR) is 105 cm³/mol. The smallest absolute Gasteiger partial charge is 0.236 e. The van der Waals surface area contributed by atoms with E-state index in [0.717, 1.165) is 33.5 Å². The quantitative estimate of drug-likeness (QED) is 0.673. The van der Waals surface area contributed by atoms with Crippen LogP contribution in [0.5, 0.6) is 0 Å². The molecule has 0 bridgehead atoms. The number of nitriles is 1. The van der Waals surface area contributed by atoms with Crippen LogP contribution in [0.4, 0.5) is 5.13 Å². The molecule has 2 heterocycles. The molecule has 0 fully saturated rings. The Hall–Kier alpha value is -2.50. The molecule has 0 aliphatic rings. The lowest BCUT2D eigenvalue weighted by atomic mass is 10.1. The Morgan fingerprint density at radius 3 is 2.81 bits per heavy atom. The van der Waals surface area contributed by atoms with Crippen LogP contribution in [0, 0.1) is 25.2 Å². The van der Waals surface area contributed by atoms with Gasteiger partial charge >= 0.3 is 0 Å². The highest BCUT2D eigenvalue weighted by molar-refractivity contribution is 8.00. The predicted octanol–water partition coefficient (Wildman–Crippen LogP) is 3.87. The van der Waals surface area contributed by atoms with Gasteiger partial charge in [-0.3, -0.25) is 10.1 Å². The highest BCUT2D eigenvalue weighted by Crippen LogP contribution is 2.27. The molecule has 0 aliphatic heterocycles. The fraction of sp³-hybridized carbons (Fsp3) is 0.278. The van der Waals surface area contributed by atoms with Gasteiger partial charge in [-0.2, -0.15) is 5.26 Å². The van der Waals surface area contributed by atoms with Crippen molar-refractivity contribution in [2.75, 3.05) is 11.1 Å². The normalized spacial score (nSPS) is 10.7. The number of anilines is 1. The number of thioether (sulfide) groups is 1. The average Bonchev–Trinajstić information content (AvgIpc) is 3.06. The van der Waals surface area contributed by atoms with Gasteiger partial charge in [0.15, 0.2) is 0 Å². The van der Waals surface area contributed by atoms with E-state index in [1.807, 2.05) is 32.9 Å². The second-order valence-electron chi connectivity index (χ2n) is 5.79. The maximum Gasteiger partial charge on any atom is 0.236 e. The topological polar surface area (TPSA) is 91.6 Å². The number of hydrogen-bond acceptors (Lipinski definition) is 7. The minimum absolute atomic E-state index is 0.152. The molecular formula is C18H17N5OS2. The summed E-state index contributed by atoms with van der Waals surface area (Å²) in [4.78, 5) is 16.8. The van der Waals surface area contributed by atoms with E-state index in [1.165, 1.54) is 23.1 Å². The number of fused-ring (bicyclic) bond motifs is 1. The van der Waals surface area contributed by atoms with Gasteiger partial charge in [-0.1, -0.05) is 36.1 Å². The minimum Gasteiger partial charge on any atom is -0.300 e. The van der Waals surface area contributed by atoms with Crippen molar-refractivity contribution < 1.29 is 4.79 Å². The van der Waals surface area contributed by atoms with Crippen LogP contribution in [-0.4, -0.2) is 26.8 Å². The Bertz CT molecular complexity index is 1020. The average molecular weight is 384 g/mol. The van der Waals surface area contributed by atoms with Gasteiger partial charge in [-0.05, 0) is 43.5 Å². The maximum absolute atomic E-state index is 12.2. The lowest BCUT2D eigenvalue weighted by molar-refractivity contribution is -0.113. The lowest BCUT2D eigenvalue weighted by Crippen LogP contribution is -2.14. The second kappa shape index (κ2) is 7.81. The molecule has 0 atom stereocenters. The monoisotopic (exact) mass is 383 g/mol. The summed E-state index contributed by atoms with van der Waals surface area (Å²) in [5, 5.41) is 23.0. The summed E-state index contributed by atoms with van der Waals surface area (Å²) >= 11 is 2.61. The number of aryl methyl sites for hydroxylation is 3. The third-order valence-electron chi connectivity index (χ3n) is 3.73. The summed E-state index contributed by atoms with van der Waals surface area (Å²) in [6.07, 6.45) is 0.785. The Kier molecular flexibility index (Phi) is 5.49. The summed E-state index contributed by atoms with van der Waals surface area (Å²) in [5.41, 5.74) is 3.51. The molecule has 3 aromatic rings. The summed E-state index contributed by atoms with van der Waals surface area (Å²) in [6.45, 7) is 6.00. The summed E-state index contributed by atoms with van der Waals surface area (Å²) < 4.78 is 0. The van der Waals surface area contributed by atoms with Gasteiger partial charge in [-0.15, -0.1) is 10.2 Å². The molecule has 1 aromatic carbocycles. The molecule has 6 nitrogen and oxygen atoms in total. The molecular weight excluding hydrogens is 366 g/mol. The second-order valence-corrected chi connectivity index (χ2v) is 7.82.